The molecule has 7 heteroatoms. The van der Waals surface area contributed by atoms with Gasteiger partial charge in [-0.2, -0.15) is 0 Å². The van der Waals surface area contributed by atoms with Gasteiger partial charge < -0.3 is 9.47 Å². The highest BCUT2D eigenvalue weighted by Crippen LogP contribution is 2.42. The zero-order valence-electron chi connectivity index (χ0n) is 15.8. The maximum atomic E-state index is 12.7. The number of amides is 1. The van der Waals surface area contributed by atoms with Crippen LogP contribution in [0.1, 0.15) is 50.0 Å². The van der Waals surface area contributed by atoms with Gasteiger partial charge in [-0.3, -0.25) is 10.1 Å². The molecule has 0 radical (unpaired) electrons. The topological polar surface area (TPSA) is 73.3 Å². The lowest BCUT2D eigenvalue weighted by Crippen LogP contribution is -2.33. The molecular weight excluding hydrogens is 338 g/mol. The Bertz CT molecular complexity index is 741. The van der Waals surface area contributed by atoms with Crippen LogP contribution in [0.2, 0.25) is 0 Å². The number of carbonyl (C=O) groups is 1. The van der Waals surface area contributed by atoms with Crippen molar-refractivity contribution in [1.29, 1.82) is 0 Å². The fourth-order valence-corrected chi connectivity index (χ4v) is 3.13. The lowest BCUT2D eigenvalue weighted by atomic mass is 9.70. The molecule has 1 aromatic heterocycles. The van der Waals surface area contributed by atoms with Gasteiger partial charge >= 0.3 is 0 Å². The molecule has 136 valence electrons. The Kier molecular flexibility index (Phi) is 5.37. The molecule has 6 nitrogen and oxygen atoms in total. The average Bonchev–Trinajstić information content (AvgIpc) is 3.01. The highest BCUT2D eigenvalue weighted by Gasteiger charge is 2.37. The molecule has 2 rings (SSSR count). The summed E-state index contributed by atoms with van der Waals surface area (Å²) in [7, 11) is 3.03. The predicted molar refractivity (Wildman–Crippen MR) is 99.9 cm³/mol. The minimum atomic E-state index is -0.342. The Balaban J connectivity index is 2.29. The number of hydrogen-bond donors (Lipinski definition) is 1. The summed E-state index contributed by atoms with van der Waals surface area (Å²) in [5.41, 5.74) is 0.175. The van der Waals surface area contributed by atoms with Gasteiger partial charge in [0, 0.05) is 5.41 Å². The second-order valence-electron chi connectivity index (χ2n) is 7.28. The fraction of sp³-hybridized carbons (Fsp3) is 0.500. The molecule has 0 atom stereocenters. The van der Waals surface area contributed by atoms with E-state index in [-0.39, 0.29) is 16.7 Å². The quantitative estimate of drug-likeness (QED) is 0.864. The smallest absolute Gasteiger partial charge is 0.265 e. The van der Waals surface area contributed by atoms with E-state index in [1.165, 1.54) is 25.6 Å². The molecule has 1 aromatic carbocycles. The molecule has 0 unspecified atom stereocenters. The highest BCUT2D eigenvalue weighted by atomic mass is 32.1. The first-order valence-electron chi connectivity index (χ1n) is 7.98. The predicted octanol–water partition coefficient (Wildman–Crippen LogP) is 4.13. The lowest BCUT2D eigenvalue weighted by molar-refractivity contribution is 0.102. The van der Waals surface area contributed by atoms with Crippen LogP contribution < -0.4 is 14.8 Å². The van der Waals surface area contributed by atoms with Gasteiger partial charge in [0.25, 0.3) is 5.91 Å². The van der Waals surface area contributed by atoms with Crippen molar-refractivity contribution in [2.45, 2.75) is 40.0 Å². The number of benzene rings is 1. The van der Waals surface area contributed by atoms with Crippen molar-refractivity contribution in [2.75, 3.05) is 19.5 Å². The first-order valence-corrected chi connectivity index (χ1v) is 8.79. The normalized spacial score (nSPS) is 12.0. The van der Waals surface area contributed by atoms with E-state index in [1.807, 2.05) is 0 Å². The number of nitrogens with zero attached hydrogens (tertiary/aromatic N) is 2. The number of ether oxygens (including phenoxy) is 2. The first-order chi connectivity index (χ1) is 11.6. The molecule has 0 bridgehead atoms. The van der Waals surface area contributed by atoms with E-state index in [2.05, 4.69) is 50.1 Å². The van der Waals surface area contributed by atoms with Gasteiger partial charge in [-0.1, -0.05) is 52.0 Å². The molecule has 2 aromatic rings. The molecule has 1 N–H and O–H groups in total. The highest BCUT2D eigenvalue weighted by molar-refractivity contribution is 7.15. The van der Waals surface area contributed by atoms with Gasteiger partial charge in [0.15, 0.2) is 0 Å². The third kappa shape index (κ3) is 3.76. The van der Waals surface area contributed by atoms with Crippen LogP contribution in [0.3, 0.4) is 0 Å². The monoisotopic (exact) mass is 363 g/mol. The van der Waals surface area contributed by atoms with Crippen molar-refractivity contribution in [2.24, 2.45) is 5.41 Å². The van der Waals surface area contributed by atoms with Crippen LogP contribution in [-0.2, 0) is 5.41 Å². The molecule has 0 aliphatic rings. The zero-order valence-corrected chi connectivity index (χ0v) is 16.6. The van der Waals surface area contributed by atoms with Crippen LogP contribution in [0.25, 0.3) is 0 Å². The molecule has 0 saturated heterocycles. The van der Waals surface area contributed by atoms with E-state index >= 15 is 0 Å². The molecule has 1 heterocycles. The van der Waals surface area contributed by atoms with Gasteiger partial charge in [0.05, 0.1) is 14.2 Å². The maximum Gasteiger partial charge on any atom is 0.265 e. The van der Waals surface area contributed by atoms with Crippen molar-refractivity contribution in [1.82, 2.24) is 10.2 Å². The van der Waals surface area contributed by atoms with Crippen molar-refractivity contribution >= 4 is 22.4 Å². The van der Waals surface area contributed by atoms with Crippen LogP contribution >= 0.6 is 11.3 Å². The van der Waals surface area contributed by atoms with E-state index in [1.54, 1.807) is 18.2 Å². The Hall–Kier alpha value is -2.15. The van der Waals surface area contributed by atoms with Crippen LogP contribution in [0, 0.1) is 5.41 Å². The Morgan fingerprint density at radius 1 is 1.04 bits per heavy atom. The standard InChI is InChI=1S/C18H25N3O3S/c1-17(2,3)18(4,5)15-20-21-16(25-15)19-14(22)13-11(23-6)9-8-10-12(13)24-7/h8-10H,1-7H3,(H,19,21,22). The molecule has 0 aliphatic heterocycles. The SMILES string of the molecule is COc1cccc(OC)c1C(=O)Nc1nnc(C(C)(C)C(C)(C)C)s1. The van der Waals surface area contributed by atoms with Crippen molar-refractivity contribution in [3.8, 4) is 11.5 Å². The molecular formula is C18H25N3O3S. The van der Waals surface area contributed by atoms with Gasteiger partial charge in [-0.05, 0) is 17.5 Å². The number of carbonyl (C=O) groups excluding carboxylic acids is 1. The number of methoxy groups -OCH3 is 2. The third-order valence-corrected chi connectivity index (χ3v) is 5.87. The summed E-state index contributed by atoms with van der Waals surface area (Å²) in [4.78, 5) is 12.7. The second kappa shape index (κ2) is 7.00. The maximum absolute atomic E-state index is 12.7. The molecule has 0 saturated carbocycles. The second-order valence-corrected chi connectivity index (χ2v) is 8.26. The van der Waals surface area contributed by atoms with E-state index in [4.69, 9.17) is 9.47 Å². The summed E-state index contributed by atoms with van der Waals surface area (Å²) in [6.07, 6.45) is 0. The molecule has 0 spiro atoms. The summed E-state index contributed by atoms with van der Waals surface area (Å²) < 4.78 is 10.6. The van der Waals surface area contributed by atoms with Crippen molar-refractivity contribution in [3.63, 3.8) is 0 Å². The number of hydrogen-bond acceptors (Lipinski definition) is 6. The number of aromatic nitrogens is 2. The van der Waals surface area contributed by atoms with Gasteiger partial charge in [-0.25, -0.2) is 0 Å². The van der Waals surface area contributed by atoms with Crippen LogP contribution in [0.5, 0.6) is 11.5 Å². The van der Waals surface area contributed by atoms with Gasteiger partial charge in [-0.15, -0.1) is 10.2 Å². The fourth-order valence-electron chi connectivity index (χ4n) is 2.08. The van der Waals surface area contributed by atoms with Gasteiger partial charge in [0.1, 0.15) is 22.1 Å². The molecule has 25 heavy (non-hydrogen) atoms. The van der Waals surface area contributed by atoms with Crippen molar-refractivity contribution < 1.29 is 14.3 Å². The number of anilines is 1. The molecule has 0 fully saturated rings. The number of nitrogens with one attached hydrogen (secondary N) is 1. The summed E-state index contributed by atoms with van der Waals surface area (Å²) in [5, 5.41) is 12.5. The zero-order chi connectivity index (χ0) is 18.8. The lowest BCUT2D eigenvalue weighted by Gasteiger charge is -2.36. The van der Waals surface area contributed by atoms with E-state index < -0.39 is 0 Å². The van der Waals surface area contributed by atoms with Gasteiger partial charge in [0.2, 0.25) is 5.13 Å². The summed E-state index contributed by atoms with van der Waals surface area (Å²) in [6.45, 7) is 10.7. The van der Waals surface area contributed by atoms with E-state index in [0.717, 1.165) is 5.01 Å². The minimum absolute atomic E-state index is 0.0136. The Morgan fingerprint density at radius 3 is 2.08 bits per heavy atom. The van der Waals surface area contributed by atoms with Crippen molar-refractivity contribution in [3.05, 3.63) is 28.8 Å². The summed E-state index contributed by atoms with van der Waals surface area (Å²) in [6, 6.07) is 5.20. The largest absolute Gasteiger partial charge is 0.496 e. The Labute approximate surface area is 152 Å². The molecule has 0 aliphatic carbocycles. The minimum Gasteiger partial charge on any atom is -0.496 e. The molecule has 1 amide bonds. The average molecular weight is 363 g/mol. The van der Waals surface area contributed by atoms with E-state index in [9.17, 15) is 4.79 Å². The van der Waals surface area contributed by atoms with Crippen LogP contribution in [0.15, 0.2) is 18.2 Å². The Morgan fingerprint density at radius 2 is 1.60 bits per heavy atom. The third-order valence-electron chi connectivity index (χ3n) is 4.71. The first kappa shape index (κ1) is 19.2. The number of rotatable bonds is 5. The summed E-state index contributed by atoms with van der Waals surface area (Å²) >= 11 is 1.38. The van der Waals surface area contributed by atoms with Crippen LogP contribution in [0.4, 0.5) is 5.13 Å². The van der Waals surface area contributed by atoms with Crippen LogP contribution in [-0.4, -0.2) is 30.3 Å². The van der Waals surface area contributed by atoms with E-state index in [0.29, 0.717) is 22.2 Å². The summed E-state index contributed by atoms with van der Waals surface area (Å²) in [5.74, 6) is 0.541.